The molecule has 1 N–H and O–H groups in total. The van der Waals surface area contributed by atoms with E-state index < -0.39 is 9.84 Å². The SMILES string of the molecule is COc1ccc(CCS(=O)(=O)c2ncn[nH]2)cc1. The average molecular weight is 267 g/mol. The number of hydrogen-bond acceptors (Lipinski definition) is 5. The van der Waals surface area contributed by atoms with Crippen molar-refractivity contribution in [1.29, 1.82) is 0 Å². The van der Waals surface area contributed by atoms with E-state index in [1.165, 1.54) is 6.33 Å². The molecule has 96 valence electrons. The predicted molar refractivity (Wildman–Crippen MR) is 65.1 cm³/mol. The first-order valence-electron chi connectivity index (χ1n) is 5.33. The van der Waals surface area contributed by atoms with Gasteiger partial charge in [-0.3, -0.25) is 5.10 Å². The number of ether oxygens (including phenoxy) is 1. The highest BCUT2D eigenvalue weighted by Crippen LogP contribution is 2.13. The van der Waals surface area contributed by atoms with Gasteiger partial charge < -0.3 is 4.74 Å². The molecule has 0 aliphatic rings. The van der Waals surface area contributed by atoms with Gasteiger partial charge >= 0.3 is 0 Å². The first kappa shape index (κ1) is 12.6. The third-order valence-corrected chi connectivity index (χ3v) is 4.03. The second kappa shape index (κ2) is 5.18. The van der Waals surface area contributed by atoms with Gasteiger partial charge in [0.25, 0.3) is 0 Å². The van der Waals surface area contributed by atoms with Crippen molar-refractivity contribution < 1.29 is 13.2 Å². The molecule has 1 aromatic carbocycles. The van der Waals surface area contributed by atoms with Crippen molar-refractivity contribution in [3.8, 4) is 5.75 Å². The number of benzene rings is 1. The fourth-order valence-electron chi connectivity index (χ4n) is 1.49. The summed E-state index contributed by atoms with van der Waals surface area (Å²) in [5, 5.41) is 5.81. The number of aromatic nitrogens is 3. The quantitative estimate of drug-likeness (QED) is 0.867. The highest BCUT2D eigenvalue weighted by molar-refractivity contribution is 7.91. The van der Waals surface area contributed by atoms with E-state index in [9.17, 15) is 8.42 Å². The van der Waals surface area contributed by atoms with Gasteiger partial charge in [-0.1, -0.05) is 12.1 Å². The number of sulfone groups is 1. The van der Waals surface area contributed by atoms with Crippen LogP contribution in [0.4, 0.5) is 0 Å². The maximum absolute atomic E-state index is 11.8. The lowest BCUT2D eigenvalue weighted by atomic mass is 10.2. The van der Waals surface area contributed by atoms with Crippen LogP contribution >= 0.6 is 0 Å². The molecule has 0 spiro atoms. The zero-order valence-electron chi connectivity index (χ0n) is 9.83. The Morgan fingerprint density at radius 2 is 2.00 bits per heavy atom. The number of nitrogens with one attached hydrogen (secondary N) is 1. The van der Waals surface area contributed by atoms with E-state index in [1.807, 2.05) is 12.1 Å². The maximum Gasteiger partial charge on any atom is 0.242 e. The van der Waals surface area contributed by atoms with E-state index in [-0.39, 0.29) is 10.9 Å². The lowest BCUT2D eigenvalue weighted by molar-refractivity contribution is 0.414. The molecule has 0 bridgehead atoms. The van der Waals surface area contributed by atoms with E-state index in [2.05, 4.69) is 15.2 Å². The van der Waals surface area contributed by atoms with Crippen molar-refractivity contribution >= 4 is 9.84 Å². The smallest absolute Gasteiger partial charge is 0.242 e. The van der Waals surface area contributed by atoms with Gasteiger partial charge in [0.05, 0.1) is 12.9 Å². The van der Waals surface area contributed by atoms with Gasteiger partial charge in [-0.25, -0.2) is 13.4 Å². The maximum atomic E-state index is 11.8. The molecule has 0 unspecified atom stereocenters. The monoisotopic (exact) mass is 267 g/mol. The molecule has 0 saturated heterocycles. The number of rotatable bonds is 5. The van der Waals surface area contributed by atoms with Gasteiger partial charge in [0, 0.05) is 0 Å². The number of aryl methyl sites for hydroxylation is 1. The standard InChI is InChI=1S/C11H13N3O3S/c1-17-10-4-2-9(3-5-10)6-7-18(15,16)11-12-8-13-14-11/h2-5,8H,6-7H2,1H3,(H,12,13,14). The predicted octanol–water partition coefficient (Wildman–Crippen LogP) is 0.830. The zero-order chi connectivity index (χ0) is 13.0. The molecule has 0 amide bonds. The Kier molecular flexibility index (Phi) is 3.61. The summed E-state index contributed by atoms with van der Waals surface area (Å²) in [5.41, 5.74) is 0.930. The molecule has 6 nitrogen and oxygen atoms in total. The summed E-state index contributed by atoms with van der Waals surface area (Å²) in [7, 11) is -1.80. The lowest BCUT2D eigenvalue weighted by Gasteiger charge is -2.03. The van der Waals surface area contributed by atoms with Gasteiger partial charge in [-0.05, 0) is 24.1 Å². The summed E-state index contributed by atoms with van der Waals surface area (Å²) in [5.74, 6) is 0.742. The van der Waals surface area contributed by atoms with Crippen molar-refractivity contribution in [1.82, 2.24) is 15.2 Å². The van der Waals surface area contributed by atoms with Crippen LogP contribution in [0, 0.1) is 0 Å². The minimum atomic E-state index is -3.39. The normalized spacial score (nSPS) is 11.4. The minimum Gasteiger partial charge on any atom is -0.497 e. The second-order valence-electron chi connectivity index (χ2n) is 3.71. The van der Waals surface area contributed by atoms with Crippen LogP contribution in [-0.4, -0.2) is 36.5 Å². The van der Waals surface area contributed by atoms with Crippen LogP contribution in [0.1, 0.15) is 5.56 Å². The van der Waals surface area contributed by atoms with E-state index in [0.29, 0.717) is 6.42 Å². The molecule has 1 aromatic heterocycles. The Balaban J connectivity index is 2.03. The summed E-state index contributed by atoms with van der Waals surface area (Å²) >= 11 is 0. The summed E-state index contributed by atoms with van der Waals surface area (Å²) in [6.07, 6.45) is 1.60. The van der Waals surface area contributed by atoms with E-state index >= 15 is 0 Å². The van der Waals surface area contributed by atoms with Gasteiger partial charge in [0.1, 0.15) is 12.1 Å². The zero-order valence-corrected chi connectivity index (χ0v) is 10.6. The van der Waals surface area contributed by atoms with Gasteiger partial charge in [0.15, 0.2) is 0 Å². The number of nitrogens with zero attached hydrogens (tertiary/aromatic N) is 2. The van der Waals surface area contributed by atoms with Crippen LogP contribution < -0.4 is 4.74 Å². The number of aromatic amines is 1. The van der Waals surface area contributed by atoms with Crippen LogP contribution in [-0.2, 0) is 16.3 Å². The van der Waals surface area contributed by atoms with Gasteiger partial charge in [-0.2, -0.15) is 5.10 Å². The minimum absolute atomic E-state index is 0.00543. The largest absolute Gasteiger partial charge is 0.497 e. The van der Waals surface area contributed by atoms with Gasteiger partial charge in [-0.15, -0.1) is 0 Å². The summed E-state index contributed by atoms with van der Waals surface area (Å²) in [6.45, 7) is 0. The fraction of sp³-hybridized carbons (Fsp3) is 0.273. The summed E-state index contributed by atoms with van der Waals surface area (Å²) in [4.78, 5) is 3.65. The molecule has 0 aliphatic heterocycles. The Bertz CT molecular complexity index is 591. The highest BCUT2D eigenvalue weighted by atomic mass is 32.2. The molecule has 0 saturated carbocycles. The molecule has 0 radical (unpaired) electrons. The number of hydrogen-bond donors (Lipinski definition) is 1. The topological polar surface area (TPSA) is 84.9 Å². The highest BCUT2D eigenvalue weighted by Gasteiger charge is 2.17. The molecule has 18 heavy (non-hydrogen) atoms. The lowest BCUT2D eigenvalue weighted by Crippen LogP contribution is -2.11. The molecule has 7 heteroatoms. The van der Waals surface area contributed by atoms with E-state index in [4.69, 9.17) is 4.74 Å². The molecule has 2 aromatic rings. The van der Waals surface area contributed by atoms with Crippen LogP contribution in [0.25, 0.3) is 0 Å². The number of H-pyrrole nitrogens is 1. The summed E-state index contributed by atoms with van der Waals surface area (Å²) < 4.78 is 28.7. The molecule has 0 atom stereocenters. The van der Waals surface area contributed by atoms with Crippen LogP contribution in [0.2, 0.25) is 0 Å². The molecular formula is C11H13N3O3S. The Morgan fingerprint density at radius 3 is 2.56 bits per heavy atom. The number of methoxy groups -OCH3 is 1. The fourth-order valence-corrected chi connectivity index (χ4v) is 2.58. The molecule has 0 fully saturated rings. The van der Waals surface area contributed by atoms with E-state index in [1.54, 1.807) is 19.2 Å². The second-order valence-corrected chi connectivity index (χ2v) is 5.73. The van der Waals surface area contributed by atoms with Crippen molar-refractivity contribution in [3.05, 3.63) is 36.2 Å². The molecule has 1 heterocycles. The molecular weight excluding hydrogens is 254 g/mol. The van der Waals surface area contributed by atoms with Crippen molar-refractivity contribution in [2.24, 2.45) is 0 Å². The summed E-state index contributed by atoms with van der Waals surface area (Å²) in [6, 6.07) is 7.29. The van der Waals surface area contributed by atoms with Crippen LogP contribution in [0.3, 0.4) is 0 Å². The Morgan fingerprint density at radius 1 is 1.28 bits per heavy atom. The Labute approximate surface area is 105 Å². The van der Waals surface area contributed by atoms with Crippen molar-refractivity contribution in [3.63, 3.8) is 0 Å². The average Bonchev–Trinajstić information content (AvgIpc) is 2.92. The Hall–Kier alpha value is -1.89. The van der Waals surface area contributed by atoms with Crippen LogP contribution in [0.15, 0.2) is 35.7 Å². The first-order chi connectivity index (χ1) is 8.62. The third-order valence-electron chi connectivity index (χ3n) is 2.51. The molecule has 2 rings (SSSR count). The first-order valence-corrected chi connectivity index (χ1v) is 6.98. The van der Waals surface area contributed by atoms with Gasteiger partial charge in [0.2, 0.25) is 15.0 Å². The van der Waals surface area contributed by atoms with E-state index in [0.717, 1.165) is 11.3 Å². The molecule has 0 aliphatic carbocycles. The van der Waals surface area contributed by atoms with Crippen LogP contribution in [0.5, 0.6) is 5.75 Å². The third kappa shape index (κ3) is 2.86. The van der Waals surface area contributed by atoms with Crippen molar-refractivity contribution in [2.75, 3.05) is 12.9 Å². The van der Waals surface area contributed by atoms with Crippen molar-refractivity contribution in [2.45, 2.75) is 11.6 Å².